The second kappa shape index (κ2) is 20.1. The minimum atomic E-state index is 0. The van der Waals surface area contributed by atoms with E-state index < -0.39 is 0 Å². The molecule has 1 heteroatoms. The van der Waals surface area contributed by atoms with Gasteiger partial charge in [-0.2, -0.15) is 13.3 Å². The number of rotatable bonds is 13. The fourth-order valence-corrected chi connectivity index (χ4v) is 2.70. The maximum absolute atomic E-state index is 2.44. The van der Waals surface area contributed by atoms with Crippen molar-refractivity contribution in [3.63, 3.8) is 0 Å². The Morgan fingerprint density at radius 3 is 1.80 bits per heavy atom. The maximum atomic E-state index is 2.44. The molecule has 0 aromatic heterocycles. The van der Waals surface area contributed by atoms with Gasteiger partial charge in [-0.05, 0) is 18.3 Å². The van der Waals surface area contributed by atoms with Crippen LogP contribution in [0.5, 0.6) is 0 Å². The third-order valence-corrected chi connectivity index (χ3v) is 4.19. The van der Waals surface area contributed by atoms with Crippen LogP contribution in [0, 0.1) is 25.7 Å². The molecule has 2 unspecified atom stereocenters. The Hall–Kier alpha value is 1.10. The van der Waals surface area contributed by atoms with Crippen LogP contribution in [-0.2, 0) is 32.7 Å². The van der Waals surface area contributed by atoms with Crippen molar-refractivity contribution in [2.45, 2.75) is 98.3 Å². The van der Waals surface area contributed by atoms with Crippen LogP contribution in [0.4, 0.5) is 0 Å². The first-order chi connectivity index (χ1) is 8.70. The Kier molecular flexibility index (Phi) is 26.2. The molecule has 0 saturated carbocycles. The molecule has 0 bridgehead atoms. The van der Waals surface area contributed by atoms with E-state index in [4.69, 9.17) is 0 Å². The minimum absolute atomic E-state index is 0. The second-order valence-corrected chi connectivity index (χ2v) is 6.31. The van der Waals surface area contributed by atoms with Crippen LogP contribution in [0.1, 0.15) is 98.3 Å². The van der Waals surface area contributed by atoms with Gasteiger partial charge < -0.3 is 13.8 Å². The first kappa shape index (κ1) is 26.0. The predicted octanol–water partition coefficient (Wildman–Crippen LogP) is 7.24. The molecule has 0 aliphatic carbocycles. The molecule has 0 fully saturated rings. The van der Waals surface area contributed by atoms with Gasteiger partial charge in [-0.1, -0.05) is 78.6 Å². The van der Waals surface area contributed by atoms with Gasteiger partial charge in [0.25, 0.3) is 0 Å². The van der Waals surface area contributed by atoms with Crippen molar-refractivity contribution >= 4 is 0 Å². The fourth-order valence-electron chi connectivity index (χ4n) is 2.70. The summed E-state index contributed by atoms with van der Waals surface area (Å²) in [6.07, 6.45) is 18.0. The monoisotopic (exact) mass is 357 g/mol. The number of unbranched alkanes of at least 4 members (excludes halogenated alkanes) is 8. The maximum Gasteiger partial charge on any atom is 0 e. The molecule has 0 saturated heterocycles. The van der Waals surface area contributed by atoms with Gasteiger partial charge in [0.2, 0.25) is 0 Å². The Morgan fingerprint density at radius 2 is 1.30 bits per heavy atom. The summed E-state index contributed by atoms with van der Waals surface area (Å²) in [7, 11) is 0. The third-order valence-electron chi connectivity index (χ3n) is 4.19. The van der Waals surface area contributed by atoms with Crippen molar-refractivity contribution in [1.82, 2.24) is 0 Å². The van der Waals surface area contributed by atoms with E-state index in [2.05, 4.69) is 34.1 Å². The van der Waals surface area contributed by atoms with Crippen LogP contribution >= 0.6 is 0 Å². The van der Waals surface area contributed by atoms with Crippen molar-refractivity contribution in [3.8, 4) is 0 Å². The van der Waals surface area contributed by atoms with E-state index in [9.17, 15) is 0 Å². The molecule has 121 valence electrons. The topological polar surface area (TPSA) is 0 Å². The second-order valence-electron chi connectivity index (χ2n) is 6.31. The average Bonchev–Trinajstić information content (AvgIpc) is 2.36. The molecule has 0 aromatic rings. The molecule has 0 heterocycles. The van der Waals surface area contributed by atoms with Gasteiger partial charge in [-0.15, -0.1) is 0 Å². The van der Waals surface area contributed by atoms with Crippen molar-refractivity contribution in [2.24, 2.45) is 11.8 Å². The first-order valence-electron chi connectivity index (χ1n) is 8.48. The van der Waals surface area contributed by atoms with E-state index in [1.54, 1.807) is 0 Å². The van der Waals surface area contributed by atoms with Crippen LogP contribution in [0.25, 0.3) is 0 Å². The Balaban J connectivity index is -0.00000144. The van der Waals surface area contributed by atoms with Crippen molar-refractivity contribution in [1.29, 1.82) is 0 Å². The average molecular weight is 357 g/mol. The molecule has 0 aromatic carbocycles. The zero-order valence-electron chi connectivity index (χ0n) is 15.1. The summed E-state index contributed by atoms with van der Waals surface area (Å²) in [5, 5.41) is 0. The molecule has 0 spiro atoms. The fraction of sp³-hybridized carbons (Fsp3) is 0.895. The standard InChI is InChI=1S/C18H37.CH3.Y/c1-5-7-8-9-10-11-12-13-14-15-18(4)16-17(3)6-2;;/h5,17-18H,6-16H2,1-4H3;1H3;/q2*-1;. The zero-order chi connectivity index (χ0) is 13.6. The van der Waals surface area contributed by atoms with Crippen LogP contribution in [0.15, 0.2) is 0 Å². The smallest absolute Gasteiger partial charge is 0 e. The molecule has 0 aliphatic heterocycles. The van der Waals surface area contributed by atoms with E-state index >= 15 is 0 Å². The zero-order valence-corrected chi connectivity index (χ0v) is 17.9. The summed E-state index contributed by atoms with van der Waals surface area (Å²) in [6, 6.07) is 0. The summed E-state index contributed by atoms with van der Waals surface area (Å²) in [4.78, 5) is 0. The summed E-state index contributed by atoms with van der Waals surface area (Å²) in [5.41, 5.74) is 0. The Labute approximate surface area is 156 Å². The van der Waals surface area contributed by atoms with Gasteiger partial charge in [0, 0.05) is 32.7 Å². The SMILES string of the molecule is C[CH-]CCCCCCCCCC(C)CC(C)CC.[CH3-].[Y]. The summed E-state index contributed by atoms with van der Waals surface area (Å²) >= 11 is 0. The van der Waals surface area contributed by atoms with Crippen LogP contribution in [0.3, 0.4) is 0 Å². The molecule has 0 rings (SSSR count). The minimum Gasteiger partial charge on any atom is -0.358 e. The third kappa shape index (κ3) is 19.1. The van der Waals surface area contributed by atoms with Crippen LogP contribution < -0.4 is 0 Å². The van der Waals surface area contributed by atoms with Crippen molar-refractivity contribution < 1.29 is 32.7 Å². The molecule has 0 nitrogen and oxygen atoms in total. The molecular weight excluding hydrogens is 317 g/mol. The van der Waals surface area contributed by atoms with E-state index in [0.29, 0.717) is 0 Å². The van der Waals surface area contributed by atoms with Gasteiger partial charge in [0.05, 0.1) is 0 Å². The molecule has 0 amide bonds. The van der Waals surface area contributed by atoms with E-state index in [-0.39, 0.29) is 40.1 Å². The molecule has 1 radical (unpaired) electrons. The van der Waals surface area contributed by atoms with E-state index in [0.717, 1.165) is 11.8 Å². The van der Waals surface area contributed by atoms with Gasteiger partial charge in [0.1, 0.15) is 0 Å². The summed E-state index contributed by atoms with van der Waals surface area (Å²) in [6.45, 7) is 9.31. The van der Waals surface area contributed by atoms with E-state index in [1.807, 2.05) is 0 Å². The number of hydrogen-bond acceptors (Lipinski definition) is 0. The quantitative estimate of drug-likeness (QED) is 0.241. The van der Waals surface area contributed by atoms with Crippen LogP contribution in [0.2, 0.25) is 0 Å². The summed E-state index contributed by atoms with van der Waals surface area (Å²) < 4.78 is 0. The molecule has 0 N–H and O–H groups in total. The van der Waals surface area contributed by atoms with Gasteiger partial charge in [-0.3, -0.25) is 0 Å². The first-order valence-corrected chi connectivity index (χ1v) is 8.48. The van der Waals surface area contributed by atoms with Crippen LogP contribution in [-0.4, -0.2) is 0 Å². The van der Waals surface area contributed by atoms with Gasteiger partial charge >= 0.3 is 0 Å². The normalized spacial score (nSPS) is 13.2. The van der Waals surface area contributed by atoms with Gasteiger partial charge in [-0.25, -0.2) is 0 Å². The Morgan fingerprint density at radius 1 is 0.800 bits per heavy atom. The molecular formula is C19H40Y-2. The molecule has 20 heavy (non-hydrogen) atoms. The number of hydrogen-bond donors (Lipinski definition) is 0. The largest absolute Gasteiger partial charge is 0.358 e. The van der Waals surface area contributed by atoms with Crippen molar-refractivity contribution in [3.05, 3.63) is 13.8 Å². The molecule has 2 atom stereocenters. The van der Waals surface area contributed by atoms with Crippen molar-refractivity contribution in [2.75, 3.05) is 0 Å². The van der Waals surface area contributed by atoms with E-state index in [1.165, 1.54) is 70.6 Å². The molecule has 0 aliphatic rings. The summed E-state index contributed by atoms with van der Waals surface area (Å²) in [5.74, 6) is 1.87. The van der Waals surface area contributed by atoms with Gasteiger partial charge in [0.15, 0.2) is 0 Å². The predicted molar refractivity (Wildman–Crippen MR) is 91.2 cm³/mol. The Bertz CT molecular complexity index is 156.